The van der Waals surface area contributed by atoms with Crippen molar-refractivity contribution in [2.45, 2.75) is 20.3 Å². The molecule has 0 saturated heterocycles. The largest absolute Gasteiger partial charge is 0.494 e. The summed E-state index contributed by atoms with van der Waals surface area (Å²) in [5, 5.41) is 3.66. The van der Waals surface area contributed by atoms with Crippen molar-refractivity contribution in [3.63, 3.8) is 0 Å². The van der Waals surface area contributed by atoms with Crippen LogP contribution in [-0.4, -0.2) is 18.4 Å². The van der Waals surface area contributed by atoms with E-state index in [1.807, 2.05) is 68.4 Å². The molecule has 1 N–H and O–H groups in total. The van der Waals surface area contributed by atoms with Gasteiger partial charge in [0.2, 0.25) is 0 Å². The lowest BCUT2D eigenvalue weighted by Crippen LogP contribution is -2.32. The number of anilines is 2. The van der Waals surface area contributed by atoms with E-state index >= 15 is 0 Å². The Hall–Kier alpha value is -3.57. The smallest absolute Gasteiger partial charge is 0.282 e. The number of amides is 2. The van der Waals surface area contributed by atoms with Crippen molar-refractivity contribution in [1.82, 2.24) is 0 Å². The zero-order valence-electron chi connectivity index (χ0n) is 17.9. The lowest BCUT2D eigenvalue weighted by Gasteiger charge is -2.16. The molecule has 2 amide bonds. The van der Waals surface area contributed by atoms with E-state index in [4.69, 9.17) is 16.3 Å². The second-order valence-electron chi connectivity index (χ2n) is 7.50. The van der Waals surface area contributed by atoms with Crippen molar-refractivity contribution in [3.05, 3.63) is 94.6 Å². The summed E-state index contributed by atoms with van der Waals surface area (Å²) in [6.07, 6.45) is 0.891. The molecular formula is C26H23ClN2O3. The molecule has 3 aromatic carbocycles. The molecule has 0 saturated carbocycles. The van der Waals surface area contributed by atoms with Crippen LogP contribution in [0.1, 0.15) is 24.5 Å². The SMILES string of the molecule is CCCOc1cccc(NC2=C(c3ccccc3)C(=O)N(c3ccc(C)c(Cl)c3)C2=O)c1. The van der Waals surface area contributed by atoms with Gasteiger partial charge in [-0.25, -0.2) is 4.90 Å². The predicted octanol–water partition coefficient (Wildman–Crippen LogP) is 5.83. The third-order valence-electron chi connectivity index (χ3n) is 5.14. The Labute approximate surface area is 192 Å². The topological polar surface area (TPSA) is 58.6 Å². The predicted molar refractivity (Wildman–Crippen MR) is 128 cm³/mol. The minimum atomic E-state index is -0.436. The maximum absolute atomic E-state index is 13.5. The highest BCUT2D eigenvalue weighted by Crippen LogP contribution is 2.35. The molecule has 5 nitrogen and oxygen atoms in total. The Bertz CT molecular complexity index is 1200. The molecule has 162 valence electrons. The summed E-state index contributed by atoms with van der Waals surface area (Å²) in [6, 6.07) is 21.7. The lowest BCUT2D eigenvalue weighted by atomic mass is 10.0. The molecule has 0 spiro atoms. The van der Waals surface area contributed by atoms with E-state index in [-0.39, 0.29) is 5.70 Å². The molecule has 0 bridgehead atoms. The van der Waals surface area contributed by atoms with Gasteiger partial charge in [0.05, 0.1) is 17.9 Å². The van der Waals surface area contributed by atoms with E-state index in [1.165, 1.54) is 0 Å². The van der Waals surface area contributed by atoms with E-state index in [1.54, 1.807) is 18.2 Å². The van der Waals surface area contributed by atoms with Crippen LogP contribution in [0.25, 0.3) is 5.57 Å². The number of hydrogen-bond acceptors (Lipinski definition) is 4. The van der Waals surface area contributed by atoms with Crippen LogP contribution >= 0.6 is 11.6 Å². The summed E-state index contributed by atoms with van der Waals surface area (Å²) in [7, 11) is 0. The molecular weight excluding hydrogens is 424 g/mol. The van der Waals surface area contributed by atoms with Gasteiger partial charge in [-0.15, -0.1) is 0 Å². The molecule has 6 heteroatoms. The van der Waals surface area contributed by atoms with E-state index in [0.717, 1.165) is 16.9 Å². The van der Waals surface area contributed by atoms with Gasteiger partial charge in [0.15, 0.2) is 0 Å². The zero-order valence-corrected chi connectivity index (χ0v) is 18.6. The van der Waals surface area contributed by atoms with E-state index in [2.05, 4.69) is 5.32 Å². The quantitative estimate of drug-likeness (QED) is 0.463. The van der Waals surface area contributed by atoms with Crippen molar-refractivity contribution in [1.29, 1.82) is 0 Å². The Morgan fingerprint density at radius 3 is 2.44 bits per heavy atom. The lowest BCUT2D eigenvalue weighted by molar-refractivity contribution is -0.120. The molecule has 0 atom stereocenters. The van der Waals surface area contributed by atoms with Gasteiger partial charge in [-0.2, -0.15) is 0 Å². The van der Waals surface area contributed by atoms with Crippen LogP contribution in [0.4, 0.5) is 11.4 Å². The molecule has 0 aliphatic carbocycles. The molecule has 32 heavy (non-hydrogen) atoms. The fourth-order valence-electron chi connectivity index (χ4n) is 3.50. The van der Waals surface area contributed by atoms with E-state index in [9.17, 15) is 9.59 Å². The summed E-state index contributed by atoms with van der Waals surface area (Å²) in [5.74, 6) is -0.145. The maximum atomic E-state index is 13.5. The van der Waals surface area contributed by atoms with Crippen molar-refractivity contribution in [2.75, 3.05) is 16.8 Å². The first-order valence-electron chi connectivity index (χ1n) is 10.4. The van der Waals surface area contributed by atoms with Crippen LogP contribution in [0, 0.1) is 6.92 Å². The van der Waals surface area contributed by atoms with Crippen LogP contribution in [0.5, 0.6) is 5.75 Å². The molecule has 1 heterocycles. The molecule has 0 fully saturated rings. The molecule has 1 aliphatic heterocycles. The second-order valence-corrected chi connectivity index (χ2v) is 7.90. The normalized spacial score (nSPS) is 13.7. The van der Waals surface area contributed by atoms with Gasteiger partial charge in [-0.1, -0.05) is 61.0 Å². The minimum absolute atomic E-state index is 0.213. The monoisotopic (exact) mass is 446 g/mol. The zero-order chi connectivity index (χ0) is 22.7. The van der Waals surface area contributed by atoms with E-state index < -0.39 is 11.8 Å². The number of hydrogen-bond donors (Lipinski definition) is 1. The summed E-state index contributed by atoms with van der Waals surface area (Å²) >= 11 is 6.27. The average molecular weight is 447 g/mol. The number of nitrogens with zero attached hydrogens (tertiary/aromatic N) is 1. The van der Waals surface area contributed by atoms with Crippen LogP contribution in [0.15, 0.2) is 78.5 Å². The summed E-state index contributed by atoms with van der Waals surface area (Å²) < 4.78 is 5.70. The summed E-state index contributed by atoms with van der Waals surface area (Å²) in [5.41, 5.74) is 3.14. The van der Waals surface area contributed by atoms with Crippen LogP contribution in [0.3, 0.4) is 0 Å². The highest BCUT2D eigenvalue weighted by molar-refractivity contribution is 6.46. The van der Waals surface area contributed by atoms with Crippen LogP contribution in [-0.2, 0) is 9.59 Å². The standard InChI is InChI=1S/C26H23ClN2O3/c1-3-14-32-21-11-7-10-19(15-21)28-24-23(18-8-5-4-6-9-18)25(30)29(26(24)31)20-13-12-17(2)22(27)16-20/h4-13,15-16,28H,3,14H2,1-2H3. The Morgan fingerprint density at radius 1 is 0.938 bits per heavy atom. The van der Waals surface area contributed by atoms with Gasteiger partial charge in [-0.05, 0) is 48.7 Å². The number of carbonyl (C=O) groups excluding carboxylic acids is 2. The Morgan fingerprint density at radius 2 is 1.72 bits per heavy atom. The van der Waals surface area contributed by atoms with Crippen LogP contribution < -0.4 is 15.0 Å². The first kappa shape index (κ1) is 21.7. The van der Waals surface area contributed by atoms with Crippen molar-refractivity contribution in [2.24, 2.45) is 0 Å². The number of aryl methyl sites for hydroxylation is 1. The number of benzene rings is 3. The number of halogens is 1. The van der Waals surface area contributed by atoms with E-state index in [0.29, 0.717) is 39.9 Å². The van der Waals surface area contributed by atoms with Gasteiger partial charge in [0, 0.05) is 16.8 Å². The van der Waals surface area contributed by atoms with Gasteiger partial charge < -0.3 is 10.1 Å². The number of carbonyl (C=O) groups is 2. The first-order valence-corrected chi connectivity index (χ1v) is 10.8. The highest BCUT2D eigenvalue weighted by Gasteiger charge is 2.40. The number of ether oxygens (including phenoxy) is 1. The van der Waals surface area contributed by atoms with Gasteiger partial charge in [0.1, 0.15) is 11.4 Å². The highest BCUT2D eigenvalue weighted by atomic mass is 35.5. The molecule has 0 radical (unpaired) electrons. The van der Waals surface area contributed by atoms with Crippen molar-refractivity contribution >= 4 is 40.4 Å². The summed E-state index contributed by atoms with van der Waals surface area (Å²) in [6.45, 7) is 4.50. The molecule has 1 aliphatic rings. The summed E-state index contributed by atoms with van der Waals surface area (Å²) in [4.78, 5) is 28.1. The van der Waals surface area contributed by atoms with Gasteiger partial charge >= 0.3 is 0 Å². The number of imide groups is 1. The second kappa shape index (κ2) is 9.28. The van der Waals surface area contributed by atoms with Gasteiger partial charge in [-0.3, -0.25) is 9.59 Å². The third kappa shape index (κ3) is 4.25. The van der Waals surface area contributed by atoms with Gasteiger partial charge in [0.25, 0.3) is 11.8 Å². The maximum Gasteiger partial charge on any atom is 0.282 e. The fraction of sp³-hybridized carbons (Fsp3) is 0.154. The first-order chi connectivity index (χ1) is 15.5. The van der Waals surface area contributed by atoms with Crippen LogP contribution in [0.2, 0.25) is 5.02 Å². The number of rotatable bonds is 7. The van der Waals surface area contributed by atoms with Crippen molar-refractivity contribution < 1.29 is 14.3 Å². The molecule has 0 aromatic heterocycles. The molecule has 0 unspecified atom stereocenters. The fourth-order valence-corrected chi connectivity index (χ4v) is 3.68. The Kier molecular flexibility index (Phi) is 6.28. The minimum Gasteiger partial charge on any atom is -0.494 e. The van der Waals surface area contributed by atoms with Crippen molar-refractivity contribution in [3.8, 4) is 5.75 Å². The Balaban J connectivity index is 1.76. The average Bonchev–Trinajstić information content (AvgIpc) is 3.04. The third-order valence-corrected chi connectivity index (χ3v) is 5.54. The molecule has 4 rings (SSSR count). The number of nitrogens with one attached hydrogen (secondary N) is 1. The molecule has 3 aromatic rings.